The van der Waals surface area contributed by atoms with Crippen LogP contribution in [0.2, 0.25) is 0 Å². The third kappa shape index (κ3) is 5.86. The molecule has 0 atom stereocenters. The molecule has 13 heavy (non-hydrogen) atoms. The van der Waals surface area contributed by atoms with Gasteiger partial charge in [-0.15, -0.1) is 0 Å². The molecule has 2 rings (SSSR count). The van der Waals surface area contributed by atoms with Gasteiger partial charge < -0.3 is 0 Å². The van der Waals surface area contributed by atoms with E-state index in [0.29, 0.717) is 11.6 Å². The minimum atomic E-state index is 0. The zero-order chi connectivity index (χ0) is 8.81. The van der Waals surface area contributed by atoms with Crippen molar-refractivity contribution in [2.45, 2.75) is 51.4 Å². The van der Waals surface area contributed by atoms with Crippen LogP contribution >= 0.6 is 13.5 Å². The standard InChI is InChI=1S/2C5H8O.H2S/c2*6-5-3-1-2-4-5;/h2*1-4H2;1H2. The second-order valence-corrected chi connectivity index (χ2v) is 3.49. The maximum atomic E-state index is 10.2. The molecule has 0 aromatic carbocycles. The van der Waals surface area contributed by atoms with E-state index in [0.717, 1.165) is 51.4 Å². The fraction of sp³-hybridized carbons (Fsp3) is 0.800. The van der Waals surface area contributed by atoms with Crippen LogP contribution in [0.25, 0.3) is 0 Å². The molecule has 0 radical (unpaired) electrons. The molecule has 0 bridgehead atoms. The zero-order valence-corrected chi connectivity index (χ0v) is 8.97. The topological polar surface area (TPSA) is 34.1 Å². The molecule has 0 aliphatic heterocycles. The summed E-state index contributed by atoms with van der Waals surface area (Å²) in [5, 5.41) is 0. The Hall–Kier alpha value is -0.310. The van der Waals surface area contributed by atoms with Crippen LogP contribution in [0, 0.1) is 0 Å². The summed E-state index contributed by atoms with van der Waals surface area (Å²) in [7, 11) is 0. The van der Waals surface area contributed by atoms with Gasteiger partial charge in [-0.05, 0) is 25.7 Å². The molecule has 76 valence electrons. The van der Waals surface area contributed by atoms with Gasteiger partial charge in [0.05, 0.1) is 0 Å². The Balaban J connectivity index is 0.000000206. The first-order valence-corrected chi connectivity index (χ1v) is 4.82. The van der Waals surface area contributed by atoms with Crippen molar-refractivity contribution in [3.63, 3.8) is 0 Å². The maximum absolute atomic E-state index is 10.2. The Morgan fingerprint density at radius 2 is 0.846 bits per heavy atom. The number of carbonyl (C=O) groups excluding carboxylic acids is 2. The molecule has 3 heteroatoms. The van der Waals surface area contributed by atoms with Gasteiger partial charge in [-0.1, -0.05) is 0 Å². The van der Waals surface area contributed by atoms with Gasteiger partial charge in [-0.3, -0.25) is 9.59 Å². The molecule has 0 saturated heterocycles. The van der Waals surface area contributed by atoms with Crippen LogP contribution in [0.15, 0.2) is 0 Å². The summed E-state index contributed by atoms with van der Waals surface area (Å²) in [5.74, 6) is 0.907. The van der Waals surface area contributed by atoms with Crippen molar-refractivity contribution < 1.29 is 9.59 Å². The highest BCUT2D eigenvalue weighted by molar-refractivity contribution is 7.59. The van der Waals surface area contributed by atoms with Crippen molar-refractivity contribution >= 4 is 25.1 Å². The lowest BCUT2D eigenvalue weighted by Gasteiger charge is -1.71. The lowest BCUT2D eigenvalue weighted by atomic mass is 10.4. The van der Waals surface area contributed by atoms with Crippen molar-refractivity contribution in [2.75, 3.05) is 0 Å². The Labute approximate surface area is 86.5 Å². The number of hydrogen-bond donors (Lipinski definition) is 0. The fourth-order valence-corrected chi connectivity index (χ4v) is 1.54. The number of Topliss-reactive ketones (excluding diaryl/α,β-unsaturated/α-hetero) is 2. The van der Waals surface area contributed by atoms with Gasteiger partial charge >= 0.3 is 0 Å². The Kier molecular flexibility index (Phi) is 6.96. The van der Waals surface area contributed by atoms with E-state index in [1.165, 1.54) is 0 Å². The predicted octanol–water partition coefficient (Wildman–Crippen LogP) is 2.37. The second kappa shape index (κ2) is 7.13. The molecule has 2 aliphatic carbocycles. The molecule has 2 fully saturated rings. The molecule has 0 heterocycles. The quantitative estimate of drug-likeness (QED) is 0.604. The van der Waals surface area contributed by atoms with E-state index in [1.807, 2.05) is 0 Å². The molecular formula is C10H18O2S. The van der Waals surface area contributed by atoms with Crippen molar-refractivity contribution in [1.82, 2.24) is 0 Å². The van der Waals surface area contributed by atoms with Gasteiger partial charge in [0.1, 0.15) is 11.6 Å². The Morgan fingerprint density at radius 1 is 0.615 bits per heavy atom. The molecule has 0 N–H and O–H groups in total. The highest BCUT2D eigenvalue weighted by atomic mass is 32.1. The van der Waals surface area contributed by atoms with Crippen LogP contribution in [-0.2, 0) is 9.59 Å². The third-order valence-corrected chi connectivity index (χ3v) is 2.32. The molecule has 2 saturated carbocycles. The highest BCUT2D eigenvalue weighted by Crippen LogP contribution is 2.11. The minimum absolute atomic E-state index is 0. The summed E-state index contributed by atoms with van der Waals surface area (Å²) >= 11 is 0. The molecule has 0 unspecified atom stereocenters. The van der Waals surface area contributed by atoms with Crippen LogP contribution in [0.3, 0.4) is 0 Å². The van der Waals surface area contributed by atoms with Gasteiger partial charge in [0, 0.05) is 25.7 Å². The van der Waals surface area contributed by atoms with Crippen molar-refractivity contribution in [3.05, 3.63) is 0 Å². The largest absolute Gasteiger partial charge is 0.300 e. The normalized spacial score (nSPS) is 20.6. The lowest BCUT2D eigenvalue weighted by Crippen LogP contribution is -1.81. The Morgan fingerprint density at radius 3 is 0.923 bits per heavy atom. The summed E-state index contributed by atoms with van der Waals surface area (Å²) in [4.78, 5) is 20.5. The maximum Gasteiger partial charge on any atom is 0.132 e. The van der Waals surface area contributed by atoms with Gasteiger partial charge in [0.25, 0.3) is 0 Å². The molecule has 0 amide bonds. The lowest BCUT2D eigenvalue weighted by molar-refractivity contribution is -0.118. The Bertz CT molecular complexity index is 142. The highest BCUT2D eigenvalue weighted by Gasteiger charge is 2.07. The molecular weight excluding hydrogens is 184 g/mol. The van der Waals surface area contributed by atoms with E-state index in [-0.39, 0.29) is 13.5 Å². The average Bonchev–Trinajstić information content (AvgIpc) is 2.63. The van der Waals surface area contributed by atoms with E-state index in [4.69, 9.17) is 0 Å². The summed E-state index contributed by atoms with van der Waals surface area (Å²) in [6, 6.07) is 0. The predicted molar refractivity (Wildman–Crippen MR) is 57.3 cm³/mol. The second-order valence-electron chi connectivity index (χ2n) is 3.49. The molecule has 2 aliphatic rings. The molecule has 0 aromatic rings. The fourth-order valence-electron chi connectivity index (χ4n) is 1.54. The van der Waals surface area contributed by atoms with E-state index < -0.39 is 0 Å². The van der Waals surface area contributed by atoms with Crippen LogP contribution in [0.4, 0.5) is 0 Å². The molecule has 2 nitrogen and oxygen atoms in total. The smallest absolute Gasteiger partial charge is 0.132 e. The summed E-state index contributed by atoms with van der Waals surface area (Å²) in [5.41, 5.74) is 0. The van der Waals surface area contributed by atoms with E-state index in [9.17, 15) is 9.59 Å². The van der Waals surface area contributed by atoms with Crippen molar-refractivity contribution in [2.24, 2.45) is 0 Å². The van der Waals surface area contributed by atoms with Crippen LogP contribution < -0.4 is 0 Å². The average molecular weight is 202 g/mol. The number of ketones is 2. The van der Waals surface area contributed by atoms with E-state index >= 15 is 0 Å². The van der Waals surface area contributed by atoms with Gasteiger partial charge in [0.15, 0.2) is 0 Å². The van der Waals surface area contributed by atoms with Gasteiger partial charge in [0.2, 0.25) is 0 Å². The number of rotatable bonds is 0. The summed E-state index contributed by atoms with van der Waals surface area (Å²) in [6.45, 7) is 0. The third-order valence-electron chi connectivity index (χ3n) is 2.32. The number of carbonyl (C=O) groups is 2. The van der Waals surface area contributed by atoms with Crippen LogP contribution in [0.5, 0.6) is 0 Å². The SMILES string of the molecule is O=C1CCCC1.O=C1CCCC1.S. The van der Waals surface area contributed by atoms with E-state index in [1.54, 1.807) is 0 Å². The monoisotopic (exact) mass is 202 g/mol. The van der Waals surface area contributed by atoms with Crippen molar-refractivity contribution in [1.29, 1.82) is 0 Å². The molecule has 0 aromatic heterocycles. The first-order chi connectivity index (χ1) is 5.79. The first kappa shape index (κ1) is 12.7. The van der Waals surface area contributed by atoms with Gasteiger partial charge in [-0.25, -0.2) is 0 Å². The zero-order valence-electron chi connectivity index (χ0n) is 7.97. The molecule has 0 spiro atoms. The summed E-state index contributed by atoms with van der Waals surface area (Å²) in [6.07, 6.45) is 7.94. The summed E-state index contributed by atoms with van der Waals surface area (Å²) < 4.78 is 0. The van der Waals surface area contributed by atoms with Crippen molar-refractivity contribution in [3.8, 4) is 0 Å². The van der Waals surface area contributed by atoms with Gasteiger partial charge in [-0.2, -0.15) is 13.5 Å². The first-order valence-electron chi connectivity index (χ1n) is 4.82. The van der Waals surface area contributed by atoms with Crippen LogP contribution in [-0.4, -0.2) is 11.6 Å². The minimum Gasteiger partial charge on any atom is -0.300 e. The number of hydrogen-bond acceptors (Lipinski definition) is 2. The van der Waals surface area contributed by atoms with E-state index in [2.05, 4.69) is 0 Å². The van der Waals surface area contributed by atoms with Crippen LogP contribution in [0.1, 0.15) is 51.4 Å².